The molecule has 0 spiro atoms. The Balaban J connectivity index is 2.05. The molecule has 3 heteroatoms. The van der Waals surface area contributed by atoms with Crippen LogP contribution in [-0.4, -0.2) is 15.2 Å². The SMILES string of the molecule is Cc1cc(Cc2cnnc3ccccc23)ccn1. The lowest BCUT2D eigenvalue weighted by Crippen LogP contribution is -1.94. The molecular weight excluding hydrogens is 222 g/mol. The van der Waals surface area contributed by atoms with Crippen LogP contribution in [0.3, 0.4) is 0 Å². The van der Waals surface area contributed by atoms with E-state index in [2.05, 4.69) is 27.3 Å². The number of hydrogen-bond donors (Lipinski definition) is 0. The zero-order valence-electron chi connectivity index (χ0n) is 10.2. The van der Waals surface area contributed by atoms with Crippen LogP contribution in [0.15, 0.2) is 48.8 Å². The number of aromatic nitrogens is 3. The fraction of sp³-hybridized carbons (Fsp3) is 0.133. The smallest absolute Gasteiger partial charge is 0.0932 e. The molecule has 0 saturated carbocycles. The summed E-state index contributed by atoms with van der Waals surface area (Å²) in [6.07, 6.45) is 4.55. The van der Waals surface area contributed by atoms with Gasteiger partial charge in [-0.2, -0.15) is 10.2 Å². The predicted molar refractivity (Wildman–Crippen MR) is 71.3 cm³/mol. The molecule has 3 rings (SSSR count). The predicted octanol–water partition coefficient (Wildman–Crippen LogP) is 2.92. The molecule has 0 saturated heterocycles. The van der Waals surface area contributed by atoms with E-state index < -0.39 is 0 Å². The Kier molecular flexibility index (Phi) is 2.73. The molecule has 18 heavy (non-hydrogen) atoms. The van der Waals surface area contributed by atoms with E-state index in [-0.39, 0.29) is 0 Å². The first kappa shape index (κ1) is 10.8. The highest BCUT2D eigenvalue weighted by Crippen LogP contribution is 2.18. The maximum Gasteiger partial charge on any atom is 0.0932 e. The van der Waals surface area contributed by atoms with Crippen molar-refractivity contribution in [3.63, 3.8) is 0 Å². The Hall–Kier alpha value is -2.29. The van der Waals surface area contributed by atoms with E-state index in [4.69, 9.17) is 0 Å². The van der Waals surface area contributed by atoms with Gasteiger partial charge in [0.1, 0.15) is 0 Å². The van der Waals surface area contributed by atoms with Crippen molar-refractivity contribution >= 4 is 10.9 Å². The molecule has 0 aliphatic carbocycles. The number of aryl methyl sites for hydroxylation is 1. The number of fused-ring (bicyclic) bond motifs is 1. The van der Waals surface area contributed by atoms with Crippen molar-refractivity contribution in [3.05, 3.63) is 65.6 Å². The van der Waals surface area contributed by atoms with Crippen LogP contribution in [0.25, 0.3) is 10.9 Å². The summed E-state index contributed by atoms with van der Waals surface area (Å²) in [7, 11) is 0. The summed E-state index contributed by atoms with van der Waals surface area (Å²) >= 11 is 0. The molecule has 1 aromatic carbocycles. The minimum Gasteiger partial charge on any atom is -0.262 e. The van der Waals surface area contributed by atoms with Gasteiger partial charge in [0, 0.05) is 17.3 Å². The molecule has 3 nitrogen and oxygen atoms in total. The third-order valence-corrected chi connectivity index (χ3v) is 2.98. The average molecular weight is 235 g/mol. The molecule has 0 atom stereocenters. The molecule has 0 N–H and O–H groups in total. The van der Waals surface area contributed by atoms with Gasteiger partial charge >= 0.3 is 0 Å². The Bertz CT molecular complexity index is 687. The minimum absolute atomic E-state index is 0.861. The molecular formula is C15H13N3. The highest BCUT2D eigenvalue weighted by molar-refractivity contribution is 5.81. The third-order valence-electron chi connectivity index (χ3n) is 2.98. The van der Waals surface area contributed by atoms with Gasteiger partial charge in [-0.25, -0.2) is 0 Å². The van der Waals surface area contributed by atoms with Gasteiger partial charge in [-0.05, 0) is 42.7 Å². The van der Waals surface area contributed by atoms with Crippen LogP contribution < -0.4 is 0 Å². The summed E-state index contributed by atoms with van der Waals surface area (Å²) in [5.74, 6) is 0. The van der Waals surface area contributed by atoms with E-state index in [0.29, 0.717) is 0 Å². The van der Waals surface area contributed by atoms with Gasteiger partial charge in [0.2, 0.25) is 0 Å². The summed E-state index contributed by atoms with van der Waals surface area (Å²) in [4.78, 5) is 4.22. The molecule has 0 aliphatic heterocycles. The van der Waals surface area contributed by atoms with Gasteiger partial charge < -0.3 is 0 Å². The average Bonchev–Trinajstić information content (AvgIpc) is 2.39. The van der Waals surface area contributed by atoms with Crippen LogP contribution in [0.1, 0.15) is 16.8 Å². The van der Waals surface area contributed by atoms with Crippen LogP contribution in [0.5, 0.6) is 0 Å². The summed E-state index contributed by atoms with van der Waals surface area (Å²) in [5.41, 5.74) is 4.44. The van der Waals surface area contributed by atoms with Gasteiger partial charge in [-0.15, -0.1) is 0 Å². The minimum atomic E-state index is 0.861. The Labute approximate surface area is 106 Å². The highest BCUT2D eigenvalue weighted by Gasteiger charge is 2.03. The maximum absolute atomic E-state index is 4.22. The normalized spacial score (nSPS) is 10.7. The largest absolute Gasteiger partial charge is 0.262 e. The number of benzene rings is 1. The Morgan fingerprint density at radius 3 is 2.89 bits per heavy atom. The second-order valence-electron chi connectivity index (χ2n) is 4.37. The first-order chi connectivity index (χ1) is 8.83. The van der Waals surface area contributed by atoms with E-state index >= 15 is 0 Å². The van der Waals surface area contributed by atoms with Gasteiger partial charge in [0.05, 0.1) is 11.7 Å². The lowest BCUT2D eigenvalue weighted by atomic mass is 10.0. The molecule has 0 fully saturated rings. The summed E-state index contributed by atoms with van der Waals surface area (Å²) in [6, 6.07) is 12.2. The quantitative estimate of drug-likeness (QED) is 0.685. The first-order valence-corrected chi connectivity index (χ1v) is 5.94. The van der Waals surface area contributed by atoms with Crippen molar-refractivity contribution < 1.29 is 0 Å². The van der Waals surface area contributed by atoms with E-state index in [9.17, 15) is 0 Å². The topological polar surface area (TPSA) is 38.7 Å². The molecule has 2 aromatic heterocycles. The van der Waals surface area contributed by atoms with Crippen LogP contribution in [-0.2, 0) is 6.42 Å². The van der Waals surface area contributed by atoms with Gasteiger partial charge in [0.15, 0.2) is 0 Å². The van der Waals surface area contributed by atoms with Gasteiger partial charge in [0.25, 0.3) is 0 Å². The molecule has 0 radical (unpaired) electrons. The summed E-state index contributed by atoms with van der Waals surface area (Å²) in [5, 5.41) is 9.37. The standard InChI is InChI=1S/C15H13N3/c1-11-8-12(6-7-16-11)9-13-10-17-18-15-5-3-2-4-14(13)15/h2-8,10H,9H2,1H3. The zero-order valence-corrected chi connectivity index (χ0v) is 10.2. The molecule has 2 heterocycles. The highest BCUT2D eigenvalue weighted by atomic mass is 15.1. The lowest BCUT2D eigenvalue weighted by Gasteiger charge is -2.05. The van der Waals surface area contributed by atoms with E-state index in [1.165, 1.54) is 16.5 Å². The second kappa shape index (κ2) is 4.53. The summed E-state index contributed by atoms with van der Waals surface area (Å²) < 4.78 is 0. The second-order valence-corrected chi connectivity index (χ2v) is 4.37. The number of nitrogens with zero attached hydrogens (tertiary/aromatic N) is 3. The van der Waals surface area contributed by atoms with E-state index in [0.717, 1.165) is 17.6 Å². The van der Waals surface area contributed by atoms with Crippen molar-refractivity contribution in [2.75, 3.05) is 0 Å². The van der Waals surface area contributed by atoms with Gasteiger partial charge in [-0.1, -0.05) is 18.2 Å². The number of rotatable bonds is 2. The molecule has 3 aromatic rings. The van der Waals surface area contributed by atoms with E-state index in [1.54, 1.807) is 0 Å². The molecule has 0 amide bonds. The van der Waals surface area contributed by atoms with Crippen LogP contribution in [0.4, 0.5) is 0 Å². The fourth-order valence-corrected chi connectivity index (χ4v) is 2.14. The molecule has 0 unspecified atom stereocenters. The van der Waals surface area contributed by atoms with Crippen molar-refractivity contribution in [1.82, 2.24) is 15.2 Å². The Morgan fingerprint density at radius 2 is 2.00 bits per heavy atom. The van der Waals surface area contributed by atoms with Crippen molar-refractivity contribution in [2.24, 2.45) is 0 Å². The zero-order chi connectivity index (χ0) is 12.4. The van der Waals surface area contributed by atoms with Crippen molar-refractivity contribution in [1.29, 1.82) is 0 Å². The van der Waals surface area contributed by atoms with Crippen molar-refractivity contribution in [3.8, 4) is 0 Å². The summed E-state index contributed by atoms with van der Waals surface area (Å²) in [6.45, 7) is 2.01. The van der Waals surface area contributed by atoms with Crippen molar-refractivity contribution in [2.45, 2.75) is 13.3 Å². The first-order valence-electron chi connectivity index (χ1n) is 5.94. The van der Waals surface area contributed by atoms with Crippen LogP contribution in [0, 0.1) is 6.92 Å². The lowest BCUT2D eigenvalue weighted by molar-refractivity contribution is 1.03. The monoisotopic (exact) mass is 235 g/mol. The number of pyridine rings is 1. The van der Waals surface area contributed by atoms with Crippen LogP contribution in [0.2, 0.25) is 0 Å². The Morgan fingerprint density at radius 1 is 1.11 bits per heavy atom. The maximum atomic E-state index is 4.22. The number of hydrogen-bond acceptors (Lipinski definition) is 3. The molecule has 88 valence electrons. The van der Waals surface area contributed by atoms with E-state index in [1.807, 2.05) is 43.6 Å². The van der Waals surface area contributed by atoms with Gasteiger partial charge in [-0.3, -0.25) is 4.98 Å². The molecule has 0 bridgehead atoms. The molecule has 0 aliphatic rings. The third kappa shape index (κ3) is 2.07. The fourth-order valence-electron chi connectivity index (χ4n) is 2.14. The van der Waals surface area contributed by atoms with Crippen LogP contribution >= 0.6 is 0 Å².